The van der Waals surface area contributed by atoms with Crippen molar-refractivity contribution in [1.82, 2.24) is 4.90 Å². The maximum Gasteiger partial charge on any atom is 0.165 e. The van der Waals surface area contributed by atoms with Crippen LogP contribution in [0.1, 0.15) is 43.4 Å². The fourth-order valence-electron chi connectivity index (χ4n) is 7.17. The summed E-state index contributed by atoms with van der Waals surface area (Å²) in [6, 6.07) is 15.1. The lowest BCUT2D eigenvalue weighted by Gasteiger charge is -2.59. The van der Waals surface area contributed by atoms with E-state index < -0.39 is 0 Å². The molecule has 0 amide bonds. The molecule has 3 fully saturated rings. The monoisotopic (exact) mass is 475 g/mol. The van der Waals surface area contributed by atoms with E-state index >= 15 is 0 Å². The van der Waals surface area contributed by atoms with Crippen LogP contribution in [-0.4, -0.2) is 49.6 Å². The van der Waals surface area contributed by atoms with E-state index in [2.05, 4.69) is 82.0 Å². The number of benzene rings is 2. The highest BCUT2D eigenvalue weighted by Crippen LogP contribution is 2.63. The van der Waals surface area contributed by atoms with Crippen LogP contribution in [0.4, 0.5) is 0 Å². The number of aryl methyl sites for hydroxylation is 1. The summed E-state index contributed by atoms with van der Waals surface area (Å²) in [7, 11) is 2.26. The molecule has 0 aromatic heterocycles. The number of terminal acetylenes is 1. The Hall–Kier alpha value is -2.52. The van der Waals surface area contributed by atoms with Crippen LogP contribution in [0, 0.1) is 31.6 Å². The standard InChI is InChI=1S/C28H35NO4.C2H2/c1-17-10-11-23(30-15-20-8-6-5-7-9-20)26-24(17)28-12-13-29(4)18(2)22(28)14-21-19(3)31-16-32-25(21)27(28)33-26;1-2/h5-11,18-19,21-22,25,27H,12-16H2,1-4H3;1-2H/t18?,19?,21?,22?,25?,27-,28?;/m0./s1. The number of rotatable bonds is 3. The molecule has 3 heterocycles. The molecule has 4 aliphatic rings. The maximum absolute atomic E-state index is 6.95. The van der Waals surface area contributed by atoms with Crippen LogP contribution < -0.4 is 9.47 Å². The second kappa shape index (κ2) is 9.50. The SMILES string of the molecule is C#C.Cc1ccc(OCc2ccccc2)c2c1C13CCN(C)C(C)C1CC1C(C)OCOC1[C@@H]3O2. The van der Waals surface area contributed by atoms with Crippen LogP contribution in [0.3, 0.4) is 0 Å². The first-order valence-corrected chi connectivity index (χ1v) is 12.7. The zero-order chi connectivity index (χ0) is 24.7. The van der Waals surface area contributed by atoms with E-state index in [-0.39, 0.29) is 23.7 Å². The average Bonchev–Trinajstić information content (AvgIpc) is 3.24. The van der Waals surface area contributed by atoms with Crippen LogP contribution in [0.15, 0.2) is 42.5 Å². The molecule has 3 aliphatic heterocycles. The predicted molar refractivity (Wildman–Crippen MR) is 137 cm³/mol. The van der Waals surface area contributed by atoms with Gasteiger partial charge in [-0.3, -0.25) is 0 Å². The third kappa shape index (κ3) is 3.74. The van der Waals surface area contributed by atoms with Gasteiger partial charge in [-0.15, -0.1) is 12.8 Å². The van der Waals surface area contributed by atoms with Crippen molar-refractivity contribution < 1.29 is 18.9 Å². The van der Waals surface area contributed by atoms with Crippen molar-refractivity contribution in [2.75, 3.05) is 20.4 Å². The molecule has 5 heteroatoms. The van der Waals surface area contributed by atoms with Crippen molar-refractivity contribution in [3.05, 3.63) is 59.2 Å². The van der Waals surface area contributed by atoms with Gasteiger partial charge in [0.05, 0.1) is 6.10 Å². The van der Waals surface area contributed by atoms with Crippen LogP contribution in [0.5, 0.6) is 11.5 Å². The lowest BCUT2D eigenvalue weighted by molar-refractivity contribution is -0.256. The normalized spacial score (nSPS) is 35.3. The van der Waals surface area contributed by atoms with Gasteiger partial charge in [0, 0.05) is 22.9 Å². The maximum atomic E-state index is 6.95. The molecule has 2 aromatic rings. The lowest BCUT2D eigenvalue weighted by atomic mass is 9.52. The second-order valence-electron chi connectivity index (χ2n) is 10.5. The van der Waals surface area contributed by atoms with Crippen molar-refractivity contribution in [1.29, 1.82) is 0 Å². The number of fused-ring (bicyclic) bond motifs is 3. The number of hydrogen-bond donors (Lipinski definition) is 0. The first kappa shape index (κ1) is 24.2. The van der Waals surface area contributed by atoms with E-state index in [9.17, 15) is 0 Å². The third-order valence-electron chi connectivity index (χ3n) is 9.04. The first-order valence-electron chi connectivity index (χ1n) is 12.7. The van der Waals surface area contributed by atoms with Crippen molar-refractivity contribution in [3.8, 4) is 24.3 Å². The molecule has 5 nitrogen and oxygen atoms in total. The Balaban J connectivity index is 0.00000124. The minimum atomic E-state index is -0.0459. The van der Waals surface area contributed by atoms with Crippen molar-refractivity contribution in [2.24, 2.45) is 11.8 Å². The van der Waals surface area contributed by atoms with E-state index in [4.69, 9.17) is 18.9 Å². The van der Waals surface area contributed by atoms with Gasteiger partial charge in [-0.2, -0.15) is 0 Å². The zero-order valence-corrected chi connectivity index (χ0v) is 21.3. The summed E-state index contributed by atoms with van der Waals surface area (Å²) in [6.07, 6.45) is 10.4. The minimum Gasteiger partial charge on any atom is -0.485 e. The third-order valence-corrected chi connectivity index (χ3v) is 9.04. The molecule has 2 aromatic carbocycles. The first-order chi connectivity index (χ1) is 17.0. The van der Waals surface area contributed by atoms with E-state index in [1.807, 2.05) is 6.07 Å². The number of likely N-dealkylation sites (tertiary alicyclic amines) is 1. The average molecular weight is 476 g/mol. The lowest BCUT2D eigenvalue weighted by Crippen LogP contribution is -2.68. The molecule has 6 unspecified atom stereocenters. The number of piperidine rings is 1. The molecule has 2 saturated heterocycles. The topological polar surface area (TPSA) is 40.2 Å². The Morgan fingerprint density at radius 1 is 1.09 bits per heavy atom. The highest BCUT2D eigenvalue weighted by atomic mass is 16.7. The Kier molecular flexibility index (Phi) is 6.57. The molecule has 1 spiro atoms. The van der Waals surface area contributed by atoms with Gasteiger partial charge in [-0.25, -0.2) is 0 Å². The molecule has 35 heavy (non-hydrogen) atoms. The number of nitrogens with zero attached hydrogens (tertiary/aromatic N) is 1. The van der Waals surface area contributed by atoms with E-state index in [1.54, 1.807) is 0 Å². The number of hydrogen-bond acceptors (Lipinski definition) is 5. The van der Waals surface area contributed by atoms with E-state index in [0.29, 0.717) is 31.3 Å². The zero-order valence-electron chi connectivity index (χ0n) is 21.3. The van der Waals surface area contributed by atoms with Crippen molar-refractivity contribution in [2.45, 2.75) is 70.0 Å². The highest BCUT2D eigenvalue weighted by Gasteiger charge is 2.66. The van der Waals surface area contributed by atoms with Gasteiger partial charge in [0.2, 0.25) is 0 Å². The molecule has 1 aliphatic carbocycles. The van der Waals surface area contributed by atoms with Crippen LogP contribution in [-0.2, 0) is 21.5 Å². The van der Waals surface area contributed by atoms with E-state index in [1.165, 1.54) is 11.1 Å². The van der Waals surface area contributed by atoms with Crippen molar-refractivity contribution in [3.63, 3.8) is 0 Å². The summed E-state index contributed by atoms with van der Waals surface area (Å²) in [5.74, 6) is 2.63. The summed E-state index contributed by atoms with van der Waals surface area (Å²) in [6.45, 7) is 8.78. The summed E-state index contributed by atoms with van der Waals surface area (Å²) in [5.41, 5.74) is 3.78. The number of ether oxygens (including phenoxy) is 4. The van der Waals surface area contributed by atoms with Gasteiger partial charge in [0.25, 0.3) is 0 Å². The van der Waals surface area contributed by atoms with Crippen molar-refractivity contribution >= 4 is 0 Å². The van der Waals surface area contributed by atoms with Gasteiger partial charge < -0.3 is 23.8 Å². The Morgan fingerprint density at radius 2 is 1.86 bits per heavy atom. The van der Waals surface area contributed by atoms with Crippen LogP contribution in [0.2, 0.25) is 0 Å². The molecule has 0 radical (unpaired) electrons. The minimum absolute atomic E-state index is 0.000995. The Morgan fingerprint density at radius 3 is 2.63 bits per heavy atom. The van der Waals surface area contributed by atoms with Gasteiger partial charge in [0.15, 0.2) is 11.5 Å². The van der Waals surface area contributed by atoms with Gasteiger partial charge in [-0.1, -0.05) is 36.4 Å². The molecule has 186 valence electrons. The Bertz CT molecular complexity index is 1070. The smallest absolute Gasteiger partial charge is 0.165 e. The summed E-state index contributed by atoms with van der Waals surface area (Å²) < 4.78 is 25.6. The predicted octanol–water partition coefficient (Wildman–Crippen LogP) is 4.94. The Labute approximate surface area is 209 Å². The molecule has 0 bridgehead atoms. The van der Waals surface area contributed by atoms with Gasteiger partial charge in [0.1, 0.15) is 25.6 Å². The van der Waals surface area contributed by atoms with Crippen LogP contribution in [0.25, 0.3) is 0 Å². The summed E-state index contributed by atoms with van der Waals surface area (Å²) in [4.78, 5) is 2.52. The second-order valence-corrected chi connectivity index (χ2v) is 10.5. The quantitative estimate of drug-likeness (QED) is 0.588. The fourth-order valence-corrected chi connectivity index (χ4v) is 7.17. The molecule has 0 N–H and O–H groups in total. The highest BCUT2D eigenvalue weighted by molar-refractivity contribution is 5.59. The summed E-state index contributed by atoms with van der Waals surface area (Å²) in [5, 5.41) is 0. The fraction of sp³-hybridized carbons (Fsp3) is 0.533. The molecule has 7 atom stereocenters. The van der Waals surface area contributed by atoms with Gasteiger partial charge >= 0.3 is 0 Å². The van der Waals surface area contributed by atoms with Gasteiger partial charge in [-0.05, 0) is 70.3 Å². The molecular weight excluding hydrogens is 438 g/mol. The molecule has 1 saturated carbocycles. The molecular formula is C30H37NO4. The van der Waals surface area contributed by atoms with E-state index in [0.717, 1.165) is 36.4 Å². The summed E-state index contributed by atoms with van der Waals surface area (Å²) >= 11 is 0. The van der Waals surface area contributed by atoms with Crippen LogP contribution >= 0.6 is 0 Å². The molecule has 6 rings (SSSR count). The largest absolute Gasteiger partial charge is 0.485 e.